The molecule has 0 radical (unpaired) electrons. The Morgan fingerprint density at radius 3 is 1.69 bits per heavy atom. The molecule has 0 fully saturated rings. The van der Waals surface area contributed by atoms with Gasteiger partial charge in [0.1, 0.15) is 0 Å². The molecule has 0 aliphatic carbocycles. The third-order valence-corrected chi connectivity index (χ3v) is 1.50. The number of amides is 1. The first-order chi connectivity index (χ1) is 5.59. The number of carbonyl (C=O) groups excluding carboxylic acids is 1. The highest BCUT2D eigenvalue weighted by molar-refractivity contribution is 5.90. The van der Waals surface area contributed by atoms with Crippen LogP contribution in [0.2, 0.25) is 0 Å². The summed E-state index contributed by atoms with van der Waals surface area (Å²) in [6.45, 7) is 10.1. The monoisotopic (exact) mass is 188 g/mol. The lowest BCUT2D eigenvalue weighted by atomic mass is 10.0. The molecule has 0 saturated carbocycles. The Labute approximate surface area is 79.6 Å². The van der Waals surface area contributed by atoms with Crippen LogP contribution in [0, 0.1) is 0 Å². The smallest absolute Gasteiger partial charge is 0.243 e. The third kappa shape index (κ3) is 11.1. The van der Waals surface area contributed by atoms with E-state index < -0.39 is 17.6 Å². The van der Waals surface area contributed by atoms with Crippen LogP contribution in [-0.2, 0) is 4.79 Å². The minimum atomic E-state index is -0.444. The van der Waals surface area contributed by atoms with Crippen molar-refractivity contribution in [2.75, 3.05) is 0 Å². The van der Waals surface area contributed by atoms with Crippen LogP contribution in [0.1, 0.15) is 27.7 Å². The molecule has 0 aliphatic heterocycles. The maximum Gasteiger partial charge on any atom is 0.243 e. The zero-order valence-electron chi connectivity index (χ0n) is 8.79. The summed E-state index contributed by atoms with van der Waals surface area (Å²) in [5.41, 5.74) is 10.1. The largest absolute Gasteiger partial charge is 0.392 e. The molecular formula is C9H20N2O2. The average molecular weight is 188 g/mol. The molecule has 5 N–H and O–H groups in total. The lowest BCUT2D eigenvalue weighted by Gasteiger charge is -2.21. The average Bonchev–Trinajstić information content (AvgIpc) is 1.86. The second kappa shape index (κ2) is 5.72. The third-order valence-electron chi connectivity index (χ3n) is 1.50. The maximum atomic E-state index is 9.82. The SMILES string of the molecule is C=C(C)C(N)=O.CC(O)C(C)(C)N. The Morgan fingerprint density at radius 2 is 1.69 bits per heavy atom. The van der Waals surface area contributed by atoms with E-state index in [9.17, 15) is 4.79 Å². The van der Waals surface area contributed by atoms with E-state index in [4.69, 9.17) is 16.6 Å². The molecule has 0 aliphatic rings. The fraction of sp³-hybridized carbons (Fsp3) is 0.667. The summed E-state index contributed by atoms with van der Waals surface area (Å²) in [5, 5.41) is 8.76. The van der Waals surface area contributed by atoms with Gasteiger partial charge in [-0.3, -0.25) is 4.79 Å². The van der Waals surface area contributed by atoms with Crippen molar-refractivity contribution < 1.29 is 9.90 Å². The maximum absolute atomic E-state index is 9.82. The molecule has 78 valence electrons. The van der Waals surface area contributed by atoms with Crippen molar-refractivity contribution in [3.05, 3.63) is 12.2 Å². The summed E-state index contributed by atoms with van der Waals surface area (Å²) in [7, 11) is 0. The van der Waals surface area contributed by atoms with Crippen molar-refractivity contribution in [1.82, 2.24) is 0 Å². The number of hydrogen-bond donors (Lipinski definition) is 3. The molecular weight excluding hydrogens is 168 g/mol. The van der Waals surface area contributed by atoms with E-state index >= 15 is 0 Å². The number of aliphatic hydroxyl groups is 1. The molecule has 1 amide bonds. The second-order valence-corrected chi connectivity index (χ2v) is 3.64. The molecule has 0 heterocycles. The number of carbonyl (C=O) groups is 1. The van der Waals surface area contributed by atoms with E-state index in [1.54, 1.807) is 27.7 Å². The molecule has 1 unspecified atom stereocenters. The van der Waals surface area contributed by atoms with Crippen LogP contribution in [0.3, 0.4) is 0 Å². The van der Waals surface area contributed by atoms with Gasteiger partial charge in [-0.1, -0.05) is 6.58 Å². The quantitative estimate of drug-likeness (QED) is 0.539. The van der Waals surface area contributed by atoms with Crippen LogP contribution in [0.15, 0.2) is 12.2 Å². The lowest BCUT2D eigenvalue weighted by Crippen LogP contribution is -2.43. The lowest BCUT2D eigenvalue weighted by molar-refractivity contribution is -0.114. The molecule has 0 spiro atoms. The normalized spacial score (nSPS) is 12.5. The van der Waals surface area contributed by atoms with Gasteiger partial charge in [-0.05, 0) is 27.7 Å². The van der Waals surface area contributed by atoms with Gasteiger partial charge in [0.15, 0.2) is 0 Å². The summed E-state index contributed by atoms with van der Waals surface area (Å²) in [6, 6.07) is 0. The molecule has 0 aromatic carbocycles. The predicted molar refractivity (Wildman–Crippen MR) is 54.0 cm³/mol. The van der Waals surface area contributed by atoms with E-state index in [0.29, 0.717) is 5.57 Å². The van der Waals surface area contributed by atoms with E-state index in [1.165, 1.54) is 0 Å². The van der Waals surface area contributed by atoms with Crippen LogP contribution < -0.4 is 11.5 Å². The summed E-state index contributed by atoms with van der Waals surface area (Å²) in [5.74, 6) is -0.435. The Morgan fingerprint density at radius 1 is 1.54 bits per heavy atom. The first-order valence-corrected chi connectivity index (χ1v) is 4.01. The Bertz CT molecular complexity index is 169. The number of hydrogen-bond acceptors (Lipinski definition) is 3. The van der Waals surface area contributed by atoms with E-state index in [0.717, 1.165) is 0 Å². The summed E-state index contributed by atoms with van der Waals surface area (Å²) in [4.78, 5) is 9.82. The highest BCUT2D eigenvalue weighted by atomic mass is 16.3. The van der Waals surface area contributed by atoms with Crippen molar-refractivity contribution >= 4 is 5.91 Å². The van der Waals surface area contributed by atoms with Crippen molar-refractivity contribution in [3.63, 3.8) is 0 Å². The van der Waals surface area contributed by atoms with Gasteiger partial charge in [0.25, 0.3) is 0 Å². The fourth-order valence-electron chi connectivity index (χ4n) is 0. The molecule has 0 saturated heterocycles. The zero-order valence-corrected chi connectivity index (χ0v) is 8.79. The van der Waals surface area contributed by atoms with E-state index in [-0.39, 0.29) is 0 Å². The topological polar surface area (TPSA) is 89.3 Å². The van der Waals surface area contributed by atoms with Crippen LogP contribution in [0.25, 0.3) is 0 Å². The second-order valence-electron chi connectivity index (χ2n) is 3.64. The van der Waals surface area contributed by atoms with Crippen molar-refractivity contribution in [1.29, 1.82) is 0 Å². The molecule has 13 heavy (non-hydrogen) atoms. The molecule has 4 nitrogen and oxygen atoms in total. The predicted octanol–water partition coefficient (Wildman–Crippen LogP) is 0.152. The van der Waals surface area contributed by atoms with Gasteiger partial charge in [-0.15, -0.1) is 0 Å². The number of nitrogens with two attached hydrogens (primary N) is 2. The first kappa shape index (κ1) is 14.6. The Kier molecular flexibility index (Phi) is 6.44. The number of aliphatic hydroxyl groups excluding tert-OH is 1. The van der Waals surface area contributed by atoms with Gasteiger partial charge in [0, 0.05) is 11.1 Å². The van der Waals surface area contributed by atoms with E-state index in [1.807, 2.05) is 0 Å². The molecule has 0 aromatic heterocycles. The van der Waals surface area contributed by atoms with Crippen molar-refractivity contribution in [3.8, 4) is 0 Å². The number of rotatable bonds is 2. The van der Waals surface area contributed by atoms with Crippen LogP contribution in [-0.4, -0.2) is 22.7 Å². The van der Waals surface area contributed by atoms with Gasteiger partial charge in [-0.2, -0.15) is 0 Å². The van der Waals surface area contributed by atoms with Crippen LogP contribution in [0.4, 0.5) is 0 Å². The molecule has 1 atom stereocenters. The van der Waals surface area contributed by atoms with Gasteiger partial charge in [0.05, 0.1) is 6.10 Å². The molecule has 4 heteroatoms. The van der Waals surface area contributed by atoms with Crippen molar-refractivity contribution in [2.24, 2.45) is 11.5 Å². The highest BCUT2D eigenvalue weighted by Crippen LogP contribution is 2.01. The van der Waals surface area contributed by atoms with Gasteiger partial charge in [0.2, 0.25) is 5.91 Å². The molecule has 0 bridgehead atoms. The minimum Gasteiger partial charge on any atom is -0.392 e. The van der Waals surface area contributed by atoms with Gasteiger partial charge < -0.3 is 16.6 Å². The summed E-state index contributed by atoms with van der Waals surface area (Å²) < 4.78 is 0. The van der Waals surface area contributed by atoms with Gasteiger partial charge >= 0.3 is 0 Å². The highest BCUT2D eigenvalue weighted by Gasteiger charge is 2.16. The number of primary amides is 1. The molecule has 0 rings (SSSR count). The molecule has 0 aromatic rings. The van der Waals surface area contributed by atoms with E-state index in [2.05, 4.69) is 6.58 Å². The standard InChI is InChI=1S/C5H13NO.C4H7NO/c1-4(7)5(2,3)6;1-3(2)4(5)6/h4,7H,6H2,1-3H3;1H2,2H3,(H2,5,6). The van der Waals surface area contributed by atoms with Crippen molar-refractivity contribution in [2.45, 2.75) is 39.3 Å². The Hall–Kier alpha value is -0.870. The Balaban J connectivity index is 0. The zero-order chi connectivity index (χ0) is 11.2. The van der Waals surface area contributed by atoms with Gasteiger partial charge in [-0.25, -0.2) is 0 Å². The van der Waals surface area contributed by atoms with Crippen LogP contribution >= 0.6 is 0 Å². The minimum absolute atomic E-state index is 0.398. The first-order valence-electron chi connectivity index (χ1n) is 4.01. The summed E-state index contributed by atoms with van der Waals surface area (Å²) in [6.07, 6.45) is -0.424. The van der Waals surface area contributed by atoms with Crippen LogP contribution in [0.5, 0.6) is 0 Å². The summed E-state index contributed by atoms with van der Waals surface area (Å²) >= 11 is 0. The fourth-order valence-corrected chi connectivity index (χ4v) is 0.